The van der Waals surface area contributed by atoms with Crippen molar-refractivity contribution in [3.05, 3.63) is 69.8 Å². The molecule has 1 atom stereocenters. The number of aromatic nitrogens is 4. The summed E-state index contributed by atoms with van der Waals surface area (Å²) >= 11 is 1.59. The molecule has 3 aromatic heterocycles. The maximum absolute atomic E-state index is 12.7. The van der Waals surface area contributed by atoms with E-state index in [0.717, 1.165) is 59.2 Å². The lowest BCUT2D eigenvalue weighted by Crippen LogP contribution is -2.30. The quantitative estimate of drug-likeness (QED) is 0.449. The summed E-state index contributed by atoms with van der Waals surface area (Å²) in [7, 11) is 0. The van der Waals surface area contributed by atoms with Crippen LogP contribution in [-0.2, 0) is 17.6 Å². The Hall–Kier alpha value is -3.26. The van der Waals surface area contributed by atoms with Gasteiger partial charge in [-0.1, -0.05) is 30.3 Å². The van der Waals surface area contributed by atoms with Crippen LogP contribution in [0.2, 0.25) is 0 Å². The summed E-state index contributed by atoms with van der Waals surface area (Å²) in [6.07, 6.45) is 2.24. The zero-order valence-electron chi connectivity index (χ0n) is 18.0. The highest BCUT2D eigenvalue weighted by atomic mass is 32.1. The minimum atomic E-state index is 0.144. The van der Waals surface area contributed by atoms with Gasteiger partial charge in [0, 0.05) is 36.6 Å². The van der Waals surface area contributed by atoms with Crippen LogP contribution in [0.25, 0.3) is 11.0 Å². The molecule has 0 unspecified atom stereocenters. The number of pyridine rings is 1. The SMILES string of the molecule is Cc1nc(CC(=O)N2CC[C@@H](c3ccc4c(NCCc5ccccc5)n[nH]c4n3)C2)cs1. The topological polar surface area (TPSA) is 86.8 Å². The molecule has 2 N–H and O–H groups in total. The van der Waals surface area contributed by atoms with Crippen LogP contribution in [0.15, 0.2) is 47.8 Å². The van der Waals surface area contributed by atoms with Gasteiger partial charge in [0.15, 0.2) is 11.5 Å². The number of hydrogen-bond donors (Lipinski definition) is 2. The van der Waals surface area contributed by atoms with Crippen LogP contribution in [0.3, 0.4) is 0 Å². The van der Waals surface area contributed by atoms with E-state index in [-0.39, 0.29) is 11.8 Å². The molecule has 1 aromatic carbocycles. The Morgan fingerprint density at radius 1 is 1.22 bits per heavy atom. The number of aromatic amines is 1. The van der Waals surface area contributed by atoms with E-state index in [0.29, 0.717) is 13.0 Å². The number of benzene rings is 1. The minimum absolute atomic E-state index is 0.144. The van der Waals surface area contributed by atoms with Gasteiger partial charge in [0.05, 0.1) is 22.5 Å². The van der Waals surface area contributed by atoms with Gasteiger partial charge in [-0.25, -0.2) is 9.97 Å². The number of likely N-dealkylation sites (tertiary alicyclic amines) is 1. The highest BCUT2D eigenvalue weighted by molar-refractivity contribution is 7.09. The Labute approximate surface area is 190 Å². The molecule has 5 rings (SSSR count). The monoisotopic (exact) mass is 446 g/mol. The van der Waals surface area contributed by atoms with Crippen LogP contribution < -0.4 is 5.32 Å². The summed E-state index contributed by atoms with van der Waals surface area (Å²) in [6.45, 7) is 4.24. The van der Waals surface area contributed by atoms with Gasteiger partial charge in [0.25, 0.3) is 0 Å². The van der Waals surface area contributed by atoms with Gasteiger partial charge in [-0.15, -0.1) is 11.3 Å². The van der Waals surface area contributed by atoms with E-state index >= 15 is 0 Å². The molecule has 164 valence electrons. The molecule has 7 nitrogen and oxygen atoms in total. The predicted molar refractivity (Wildman–Crippen MR) is 127 cm³/mol. The molecule has 1 amide bonds. The van der Waals surface area contributed by atoms with Crippen LogP contribution in [0.5, 0.6) is 0 Å². The molecule has 1 fully saturated rings. The van der Waals surface area contributed by atoms with Gasteiger partial charge in [-0.2, -0.15) is 5.10 Å². The third kappa shape index (κ3) is 4.50. The molecule has 8 heteroatoms. The van der Waals surface area contributed by atoms with Crippen molar-refractivity contribution >= 4 is 34.1 Å². The van der Waals surface area contributed by atoms with E-state index < -0.39 is 0 Å². The summed E-state index contributed by atoms with van der Waals surface area (Å²) in [4.78, 5) is 23.8. The number of nitrogens with zero attached hydrogens (tertiary/aromatic N) is 4. The molecule has 1 aliphatic rings. The average molecular weight is 447 g/mol. The van der Waals surface area contributed by atoms with Gasteiger partial charge in [0.2, 0.25) is 5.91 Å². The third-order valence-corrected chi connectivity index (χ3v) is 6.77. The number of carbonyl (C=O) groups is 1. The second kappa shape index (κ2) is 9.08. The number of thiazole rings is 1. The number of amides is 1. The Morgan fingerprint density at radius 3 is 2.91 bits per heavy atom. The van der Waals surface area contributed by atoms with E-state index in [1.54, 1.807) is 11.3 Å². The number of nitrogens with one attached hydrogen (secondary N) is 2. The normalized spacial score (nSPS) is 16.0. The van der Waals surface area contributed by atoms with Gasteiger partial charge >= 0.3 is 0 Å². The Balaban J connectivity index is 1.20. The number of hydrogen-bond acceptors (Lipinski definition) is 6. The predicted octanol–water partition coefficient (Wildman–Crippen LogP) is 3.94. The van der Waals surface area contributed by atoms with Crippen molar-refractivity contribution in [1.29, 1.82) is 0 Å². The molecule has 4 heterocycles. The van der Waals surface area contributed by atoms with E-state index in [1.807, 2.05) is 23.3 Å². The van der Waals surface area contributed by atoms with Crippen LogP contribution in [0, 0.1) is 6.92 Å². The molecule has 0 aliphatic carbocycles. The Kier molecular flexibility index (Phi) is 5.85. The molecule has 0 bridgehead atoms. The molecule has 32 heavy (non-hydrogen) atoms. The first-order valence-corrected chi connectivity index (χ1v) is 11.9. The molecular weight excluding hydrogens is 420 g/mol. The average Bonchev–Trinajstić information content (AvgIpc) is 3.54. The molecule has 1 aliphatic heterocycles. The van der Waals surface area contributed by atoms with Crippen molar-refractivity contribution in [3.63, 3.8) is 0 Å². The Bertz CT molecular complexity index is 1220. The Morgan fingerprint density at radius 2 is 2.09 bits per heavy atom. The first kappa shape index (κ1) is 20.6. The summed E-state index contributed by atoms with van der Waals surface area (Å²) in [5.41, 5.74) is 3.96. The highest BCUT2D eigenvalue weighted by Crippen LogP contribution is 2.29. The number of aryl methyl sites for hydroxylation is 1. The zero-order chi connectivity index (χ0) is 21.9. The van der Waals surface area contributed by atoms with E-state index in [9.17, 15) is 4.79 Å². The highest BCUT2D eigenvalue weighted by Gasteiger charge is 2.28. The smallest absolute Gasteiger partial charge is 0.228 e. The number of carbonyl (C=O) groups excluding carboxylic acids is 1. The lowest BCUT2D eigenvalue weighted by molar-refractivity contribution is -0.129. The number of rotatable bonds is 7. The molecule has 1 saturated heterocycles. The maximum atomic E-state index is 12.7. The number of fused-ring (bicyclic) bond motifs is 1. The molecule has 0 spiro atoms. The van der Waals surface area contributed by atoms with Crippen molar-refractivity contribution in [2.45, 2.75) is 32.1 Å². The van der Waals surface area contributed by atoms with Crippen LogP contribution in [-0.4, -0.2) is 50.6 Å². The summed E-state index contributed by atoms with van der Waals surface area (Å²) in [5, 5.41) is 14.8. The van der Waals surface area contributed by atoms with Gasteiger partial charge < -0.3 is 10.2 Å². The zero-order valence-corrected chi connectivity index (χ0v) is 18.9. The molecular formula is C24H26N6OS. The van der Waals surface area contributed by atoms with Crippen molar-refractivity contribution < 1.29 is 4.79 Å². The standard InChI is InChI=1S/C24H26N6OS/c1-16-26-19(15-32-16)13-22(31)30-12-10-18(14-30)21-8-7-20-23(28-29-24(20)27-21)25-11-9-17-5-3-2-4-6-17/h2-8,15,18H,9-14H2,1H3,(H2,25,27,28,29)/t18-/m1/s1. The third-order valence-electron chi connectivity index (χ3n) is 5.95. The summed E-state index contributed by atoms with van der Waals surface area (Å²) in [6, 6.07) is 14.6. The summed E-state index contributed by atoms with van der Waals surface area (Å²) < 4.78 is 0. The van der Waals surface area contributed by atoms with Gasteiger partial charge in [0.1, 0.15) is 0 Å². The van der Waals surface area contributed by atoms with Crippen molar-refractivity contribution in [2.24, 2.45) is 0 Å². The second-order valence-electron chi connectivity index (χ2n) is 8.23. The van der Waals surface area contributed by atoms with E-state index in [1.165, 1.54) is 5.56 Å². The van der Waals surface area contributed by atoms with E-state index in [2.05, 4.69) is 56.9 Å². The fourth-order valence-electron chi connectivity index (χ4n) is 4.24. The second-order valence-corrected chi connectivity index (χ2v) is 9.29. The van der Waals surface area contributed by atoms with Crippen molar-refractivity contribution in [3.8, 4) is 0 Å². The first-order chi connectivity index (χ1) is 15.7. The lowest BCUT2D eigenvalue weighted by Gasteiger charge is -2.16. The van der Waals surface area contributed by atoms with Crippen molar-refractivity contribution in [1.82, 2.24) is 25.1 Å². The summed E-state index contributed by atoms with van der Waals surface area (Å²) in [5.74, 6) is 1.22. The van der Waals surface area contributed by atoms with Crippen molar-refractivity contribution in [2.75, 3.05) is 25.0 Å². The van der Waals surface area contributed by atoms with Gasteiger partial charge in [-0.3, -0.25) is 9.89 Å². The van der Waals surface area contributed by atoms with Crippen LogP contribution >= 0.6 is 11.3 Å². The fourth-order valence-corrected chi connectivity index (χ4v) is 4.85. The van der Waals surface area contributed by atoms with Crippen LogP contribution in [0.4, 0.5) is 5.82 Å². The van der Waals surface area contributed by atoms with E-state index in [4.69, 9.17) is 4.98 Å². The largest absolute Gasteiger partial charge is 0.368 e. The molecule has 0 radical (unpaired) electrons. The molecule has 4 aromatic rings. The fraction of sp³-hybridized carbons (Fsp3) is 0.333. The first-order valence-electron chi connectivity index (χ1n) is 11.0. The minimum Gasteiger partial charge on any atom is -0.368 e. The maximum Gasteiger partial charge on any atom is 0.228 e. The number of H-pyrrole nitrogens is 1. The molecule has 0 saturated carbocycles. The van der Waals surface area contributed by atoms with Crippen LogP contribution in [0.1, 0.15) is 34.3 Å². The number of anilines is 1. The van der Waals surface area contributed by atoms with Gasteiger partial charge in [-0.05, 0) is 37.5 Å². The lowest BCUT2D eigenvalue weighted by atomic mass is 10.0.